The zero-order valence-corrected chi connectivity index (χ0v) is 8.91. The SMILES string of the molecule is CC1=C2CC(CC1)C2(C)C.O=[N+]([O-])O. The molecule has 1 fully saturated rings. The van der Waals surface area contributed by atoms with Crippen molar-refractivity contribution < 1.29 is 10.3 Å². The van der Waals surface area contributed by atoms with Crippen molar-refractivity contribution >= 4 is 0 Å². The van der Waals surface area contributed by atoms with Crippen LogP contribution in [-0.4, -0.2) is 10.3 Å². The van der Waals surface area contributed by atoms with Crippen molar-refractivity contribution in [1.82, 2.24) is 0 Å². The lowest BCUT2D eigenvalue weighted by Gasteiger charge is -2.52. The maximum atomic E-state index is 8.36. The van der Waals surface area contributed by atoms with Crippen LogP contribution in [0.5, 0.6) is 0 Å². The lowest BCUT2D eigenvalue weighted by Crippen LogP contribution is -2.41. The fourth-order valence-electron chi connectivity index (χ4n) is 2.61. The Kier molecular flexibility index (Phi) is 2.83. The van der Waals surface area contributed by atoms with Crippen LogP contribution in [0, 0.1) is 21.4 Å². The lowest BCUT2D eigenvalue weighted by atomic mass is 9.52. The molecule has 3 rings (SSSR count). The van der Waals surface area contributed by atoms with Crippen molar-refractivity contribution in [1.29, 1.82) is 0 Å². The van der Waals surface area contributed by atoms with Gasteiger partial charge in [-0.2, -0.15) is 0 Å². The second kappa shape index (κ2) is 3.59. The molecule has 1 unspecified atom stereocenters. The lowest BCUT2D eigenvalue weighted by molar-refractivity contribution is -0.742. The Hall–Kier alpha value is -1.06. The summed E-state index contributed by atoms with van der Waals surface area (Å²) in [7, 11) is 0. The van der Waals surface area contributed by atoms with Crippen LogP contribution in [0.1, 0.15) is 40.0 Å². The highest BCUT2D eigenvalue weighted by atomic mass is 16.9. The first kappa shape index (κ1) is 11.0. The molecular formula is C10H17NO3. The minimum atomic E-state index is -1.50. The van der Waals surface area contributed by atoms with E-state index in [1.54, 1.807) is 11.1 Å². The summed E-state index contributed by atoms with van der Waals surface area (Å²) in [5.41, 5.74) is 4.04. The van der Waals surface area contributed by atoms with Crippen molar-refractivity contribution in [2.24, 2.45) is 11.3 Å². The molecule has 80 valence electrons. The van der Waals surface area contributed by atoms with Gasteiger partial charge in [0.1, 0.15) is 0 Å². The number of hydrogen-bond acceptors (Lipinski definition) is 2. The fraction of sp³-hybridized carbons (Fsp3) is 0.800. The maximum absolute atomic E-state index is 8.36. The summed E-state index contributed by atoms with van der Waals surface area (Å²) >= 11 is 0. The molecule has 0 aromatic heterocycles. The van der Waals surface area contributed by atoms with Crippen LogP contribution in [-0.2, 0) is 0 Å². The summed E-state index contributed by atoms with van der Waals surface area (Å²) in [4.78, 5) is 8.36. The van der Waals surface area contributed by atoms with E-state index in [-0.39, 0.29) is 0 Å². The average molecular weight is 199 g/mol. The number of fused-ring (bicyclic) bond motifs is 2. The van der Waals surface area contributed by atoms with E-state index in [2.05, 4.69) is 20.8 Å². The molecular weight excluding hydrogens is 182 g/mol. The van der Waals surface area contributed by atoms with Crippen LogP contribution in [0.15, 0.2) is 11.1 Å². The van der Waals surface area contributed by atoms with E-state index >= 15 is 0 Å². The topological polar surface area (TPSA) is 63.4 Å². The highest BCUT2D eigenvalue weighted by molar-refractivity contribution is 5.32. The van der Waals surface area contributed by atoms with Crippen molar-refractivity contribution in [2.45, 2.75) is 40.0 Å². The smallest absolute Gasteiger partial charge is 0.291 e. The Balaban J connectivity index is 0.000000213. The Labute approximate surface area is 83.7 Å². The van der Waals surface area contributed by atoms with Crippen LogP contribution in [0.4, 0.5) is 0 Å². The van der Waals surface area contributed by atoms with Gasteiger partial charge in [-0.25, -0.2) is 0 Å². The predicted molar refractivity (Wildman–Crippen MR) is 52.6 cm³/mol. The summed E-state index contributed by atoms with van der Waals surface area (Å²) in [6.45, 7) is 7.12. The molecule has 3 aliphatic carbocycles. The molecule has 1 atom stereocenters. The van der Waals surface area contributed by atoms with Crippen LogP contribution >= 0.6 is 0 Å². The Morgan fingerprint density at radius 1 is 1.57 bits per heavy atom. The van der Waals surface area contributed by atoms with Crippen LogP contribution in [0.25, 0.3) is 0 Å². The summed E-state index contributed by atoms with van der Waals surface area (Å²) in [5.74, 6) is 1.02. The summed E-state index contributed by atoms with van der Waals surface area (Å²) in [6, 6.07) is 0. The van der Waals surface area contributed by atoms with Gasteiger partial charge in [0, 0.05) is 0 Å². The number of allylic oxidation sites excluding steroid dienone is 2. The van der Waals surface area contributed by atoms with Gasteiger partial charge in [-0.1, -0.05) is 25.0 Å². The first-order valence-electron chi connectivity index (χ1n) is 4.88. The van der Waals surface area contributed by atoms with Crippen molar-refractivity contribution in [3.63, 3.8) is 0 Å². The minimum Gasteiger partial charge on any atom is -0.328 e. The molecule has 0 aromatic carbocycles. The largest absolute Gasteiger partial charge is 0.328 e. The van der Waals surface area contributed by atoms with Gasteiger partial charge < -0.3 is 5.21 Å². The minimum absolute atomic E-state index is 0.586. The maximum Gasteiger partial charge on any atom is 0.291 e. The molecule has 0 aromatic rings. The van der Waals surface area contributed by atoms with Gasteiger partial charge in [-0.05, 0) is 37.5 Å². The van der Waals surface area contributed by atoms with Gasteiger partial charge in [0.15, 0.2) is 0 Å². The summed E-state index contributed by atoms with van der Waals surface area (Å²) in [6.07, 6.45) is 4.24. The summed E-state index contributed by atoms with van der Waals surface area (Å²) in [5, 5.41) is 13.6. The van der Waals surface area contributed by atoms with E-state index in [1.807, 2.05) is 0 Å². The van der Waals surface area contributed by atoms with E-state index < -0.39 is 5.09 Å². The second-order valence-corrected chi connectivity index (χ2v) is 4.66. The van der Waals surface area contributed by atoms with Gasteiger partial charge in [0.2, 0.25) is 0 Å². The molecule has 0 aliphatic heterocycles. The molecule has 0 spiro atoms. The van der Waals surface area contributed by atoms with Gasteiger partial charge in [-0.15, -0.1) is 10.1 Å². The Bertz CT molecular complexity index is 277. The molecule has 3 aliphatic rings. The molecule has 0 radical (unpaired) electrons. The van der Waals surface area contributed by atoms with E-state index in [1.165, 1.54) is 19.3 Å². The first-order valence-corrected chi connectivity index (χ1v) is 4.88. The number of nitrogens with zero attached hydrogens (tertiary/aromatic N) is 1. The normalized spacial score (nSPS) is 27.2. The third kappa shape index (κ3) is 1.89. The Morgan fingerprint density at radius 3 is 2.29 bits per heavy atom. The van der Waals surface area contributed by atoms with E-state index in [4.69, 9.17) is 15.3 Å². The molecule has 4 heteroatoms. The van der Waals surface area contributed by atoms with Crippen molar-refractivity contribution in [2.75, 3.05) is 0 Å². The second-order valence-electron chi connectivity index (χ2n) is 4.66. The average Bonchev–Trinajstić information content (AvgIpc) is 2.02. The molecule has 14 heavy (non-hydrogen) atoms. The Morgan fingerprint density at radius 2 is 2.07 bits per heavy atom. The molecule has 0 amide bonds. The number of rotatable bonds is 0. The van der Waals surface area contributed by atoms with Gasteiger partial charge in [-0.3, -0.25) is 0 Å². The number of hydrogen-bond donors (Lipinski definition) is 1. The highest BCUT2D eigenvalue weighted by Gasteiger charge is 2.46. The van der Waals surface area contributed by atoms with Crippen LogP contribution in [0.2, 0.25) is 0 Å². The van der Waals surface area contributed by atoms with Crippen LogP contribution in [0.3, 0.4) is 0 Å². The van der Waals surface area contributed by atoms with Gasteiger partial charge >= 0.3 is 0 Å². The van der Waals surface area contributed by atoms with Crippen molar-refractivity contribution in [3.05, 3.63) is 21.3 Å². The predicted octanol–water partition coefficient (Wildman–Crippen LogP) is 2.80. The zero-order chi connectivity index (χ0) is 10.9. The van der Waals surface area contributed by atoms with E-state index in [0.29, 0.717) is 5.41 Å². The molecule has 2 bridgehead atoms. The van der Waals surface area contributed by atoms with E-state index in [0.717, 1.165) is 5.92 Å². The monoisotopic (exact) mass is 199 g/mol. The summed E-state index contributed by atoms with van der Waals surface area (Å²) < 4.78 is 0. The molecule has 0 heterocycles. The standard InChI is InChI=1S/C10H16.HNO3/c1-7-4-5-8-6-9(7)10(8,2)3;2-1(3)4/h8H,4-6H2,1-3H3;(H,2,3,4). The van der Waals surface area contributed by atoms with Crippen molar-refractivity contribution in [3.8, 4) is 0 Å². The molecule has 1 N–H and O–H groups in total. The molecule has 1 saturated carbocycles. The quantitative estimate of drug-likeness (QED) is 0.370. The van der Waals surface area contributed by atoms with Crippen LogP contribution < -0.4 is 0 Å². The third-order valence-corrected chi connectivity index (χ3v) is 3.63. The first-order chi connectivity index (χ1) is 6.35. The molecule has 4 nitrogen and oxygen atoms in total. The fourth-order valence-corrected chi connectivity index (χ4v) is 2.61. The highest BCUT2D eigenvalue weighted by Crippen LogP contribution is 2.58. The van der Waals surface area contributed by atoms with E-state index in [9.17, 15) is 0 Å². The zero-order valence-electron chi connectivity index (χ0n) is 8.91. The van der Waals surface area contributed by atoms with Gasteiger partial charge in [0.05, 0.1) is 0 Å². The van der Waals surface area contributed by atoms with Gasteiger partial charge in [0.25, 0.3) is 5.09 Å². The third-order valence-electron chi connectivity index (χ3n) is 3.63. The molecule has 0 saturated heterocycles.